The third kappa shape index (κ3) is 3.78. The Labute approximate surface area is 143 Å². The quantitative estimate of drug-likeness (QED) is 0.898. The average molecular weight is 330 g/mol. The second-order valence-corrected chi connectivity index (χ2v) is 7.02. The summed E-state index contributed by atoms with van der Waals surface area (Å²) in [5.74, 6) is 0.454. The van der Waals surface area contributed by atoms with Gasteiger partial charge in [0, 0.05) is 38.2 Å². The molecule has 0 bridgehead atoms. The number of nitrogens with zero attached hydrogens (tertiary/aromatic N) is 2. The molecule has 5 heteroatoms. The normalized spacial score (nSPS) is 23.8. The van der Waals surface area contributed by atoms with Crippen molar-refractivity contribution in [2.24, 2.45) is 5.92 Å². The van der Waals surface area contributed by atoms with Gasteiger partial charge in [0.25, 0.3) is 0 Å². The predicted molar refractivity (Wildman–Crippen MR) is 92.7 cm³/mol. The summed E-state index contributed by atoms with van der Waals surface area (Å²) >= 11 is 0. The molecule has 0 aromatic heterocycles. The van der Waals surface area contributed by atoms with Crippen molar-refractivity contribution >= 4 is 17.5 Å². The maximum Gasteiger partial charge on any atom is 0.227 e. The van der Waals surface area contributed by atoms with Gasteiger partial charge in [0.2, 0.25) is 11.8 Å². The van der Waals surface area contributed by atoms with Gasteiger partial charge in [-0.05, 0) is 37.0 Å². The Bertz CT molecular complexity index is 599. The van der Waals surface area contributed by atoms with Gasteiger partial charge < -0.3 is 14.9 Å². The summed E-state index contributed by atoms with van der Waals surface area (Å²) in [6.07, 6.45) is 4.52. The molecule has 2 aliphatic rings. The van der Waals surface area contributed by atoms with Crippen LogP contribution >= 0.6 is 0 Å². The van der Waals surface area contributed by atoms with E-state index in [1.54, 1.807) is 9.80 Å². The first-order valence-corrected chi connectivity index (χ1v) is 8.86. The van der Waals surface area contributed by atoms with Crippen LogP contribution in [0.2, 0.25) is 0 Å². The summed E-state index contributed by atoms with van der Waals surface area (Å²) in [6, 6.07) is 7.70. The van der Waals surface area contributed by atoms with Crippen molar-refractivity contribution in [3.8, 4) is 0 Å². The fraction of sp³-hybridized carbons (Fsp3) is 0.579. The summed E-state index contributed by atoms with van der Waals surface area (Å²) < 4.78 is 0. The molecule has 1 aliphatic heterocycles. The molecule has 1 heterocycles. The summed E-state index contributed by atoms with van der Waals surface area (Å²) in [5, 5.41) is 9.89. The van der Waals surface area contributed by atoms with Crippen LogP contribution < -0.4 is 4.90 Å². The van der Waals surface area contributed by atoms with Gasteiger partial charge in [-0.1, -0.05) is 18.6 Å². The number of carbonyl (C=O) groups excluding carboxylic acids is 2. The predicted octanol–water partition coefficient (Wildman–Crippen LogP) is 1.98. The Morgan fingerprint density at radius 2 is 2.00 bits per heavy atom. The number of rotatable bonds is 5. The first kappa shape index (κ1) is 17.0. The largest absolute Gasteiger partial charge is 0.393 e. The van der Waals surface area contributed by atoms with Gasteiger partial charge in [-0.25, -0.2) is 0 Å². The average Bonchev–Trinajstić information content (AvgIpc) is 3.17. The molecule has 5 nitrogen and oxygen atoms in total. The molecule has 1 saturated heterocycles. The van der Waals surface area contributed by atoms with Gasteiger partial charge in [0.1, 0.15) is 0 Å². The second kappa shape index (κ2) is 7.34. The lowest BCUT2D eigenvalue weighted by atomic mass is 10.0. The maximum atomic E-state index is 12.4. The molecule has 130 valence electrons. The molecular formula is C19H26N2O3. The molecule has 0 unspecified atom stereocenters. The lowest BCUT2D eigenvalue weighted by Crippen LogP contribution is -2.35. The first-order chi connectivity index (χ1) is 11.5. The van der Waals surface area contributed by atoms with Gasteiger partial charge in [-0.2, -0.15) is 0 Å². The first-order valence-electron chi connectivity index (χ1n) is 8.86. The van der Waals surface area contributed by atoms with E-state index in [9.17, 15) is 14.7 Å². The number of likely N-dealkylation sites (N-methyl/N-ethyl adjacent to an activating group) is 1. The Morgan fingerprint density at radius 3 is 2.58 bits per heavy atom. The van der Waals surface area contributed by atoms with Crippen molar-refractivity contribution in [3.63, 3.8) is 0 Å². The van der Waals surface area contributed by atoms with Crippen molar-refractivity contribution in [2.75, 3.05) is 25.0 Å². The molecule has 24 heavy (non-hydrogen) atoms. The summed E-state index contributed by atoms with van der Waals surface area (Å²) in [6.45, 7) is 1.41. The topological polar surface area (TPSA) is 60.9 Å². The van der Waals surface area contributed by atoms with Gasteiger partial charge in [-0.3, -0.25) is 9.59 Å². The highest BCUT2D eigenvalue weighted by molar-refractivity contribution is 5.95. The molecule has 1 aliphatic carbocycles. The van der Waals surface area contributed by atoms with E-state index in [-0.39, 0.29) is 23.8 Å². The number of amides is 2. The molecule has 2 amide bonds. The molecule has 0 spiro atoms. The third-order valence-corrected chi connectivity index (χ3v) is 5.23. The number of benzene rings is 1. The monoisotopic (exact) mass is 330 g/mol. The van der Waals surface area contributed by atoms with Gasteiger partial charge in [-0.15, -0.1) is 0 Å². The number of hydrogen-bond donors (Lipinski definition) is 1. The van der Waals surface area contributed by atoms with Crippen LogP contribution in [0.5, 0.6) is 0 Å². The summed E-state index contributed by atoms with van der Waals surface area (Å²) in [5.41, 5.74) is 1.87. The van der Waals surface area contributed by atoms with Crippen molar-refractivity contribution in [1.29, 1.82) is 0 Å². The number of carbonyl (C=O) groups is 2. The number of aliphatic hydroxyl groups is 1. The van der Waals surface area contributed by atoms with Crippen molar-refractivity contribution < 1.29 is 14.7 Å². The van der Waals surface area contributed by atoms with Crippen LogP contribution in [0.3, 0.4) is 0 Å². The van der Waals surface area contributed by atoms with E-state index in [1.807, 2.05) is 31.3 Å². The van der Waals surface area contributed by atoms with E-state index in [1.165, 1.54) is 0 Å². The molecule has 3 rings (SSSR count). The van der Waals surface area contributed by atoms with E-state index < -0.39 is 0 Å². The zero-order valence-electron chi connectivity index (χ0n) is 14.3. The van der Waals surface area contributed by atoms with Gasteiger partial charge in [0.05, 0.1) is 12.5 Å². The number of anilines is 1. The van der Waals surface area contributed by atoms with Crippen LogP contribution in [0.25, 0.3) is 0 Å². The maximum absolute atomic E-state index is 12.4. The van der Waals surface area contributed by atoms with Crippen LogP contribution in [-0.4, -0.2) is 48.1 Å². The standard InChI is InChI=1S/C19H26N2O3/c1-20(13-15-4-2-5-17(15)22)19(24)12-14-7-9-16(10-8-14)21-11-3-6-18(21)23/h7-10,15,17,22H,2-6,11-13H2,1H3/t15-,17+/m0/s1. The summed E-state index contributed by atoms with van der Waals surface area (Å²) in [7, 11) is 1.81. The third-order valence-electron chi connectivity index (χ3n) is 5.23. The minimum absolute atomic E-state index is 0.0686. The zero-order valence-corrected chi connectivity index (χ0v) is 14.3. The van der Waals surface area contributed by atoms with E-state index in [2.05, 4.69) is 0 Å². The smallest absolute Gasteiger partial charge is 0.227 e. The number of aliphatic hydroxyl groups excluding tert-OH is 1. The fourth-order valence-electron chi connectivity index (χ4n) is 3.71. The van der Waals surface area contributed by atoms with E-state index >= 15 is 0 Å². The van der Waals surface area contributed by atoms with Crippen molar-refractivity contribution in [2.45, 2.75) is 44.6 Å². The highest BCUT2D eigenvalue weighted by Crippen LogP contribution is 2.26. The van der Waals surface area contributed by atoms with Crippen LogP contribution in [0.1, 0.15) is 37.7 Å². The van der Waals surface area contributed by atoms with Crippen LogP contribution in [0.4, 0.5) is 5.69 Å². The van der Waals surface area contributed by atoms with E-state index in [4.69, 9.17) is 0 Å². The lowest BCUT2D eigenvalue weighted by Gasteiger charge is -2.23. The summed E-state index contributed by atoms with van der Waals surface area (Å²) in [4.78, 5) is 27.7. The SMILES string of the molecule is CN(C[C@@H]1CCC[C@H]1O)C(=O)Cc1ccc(N2CCCC2=O)cc1. The Balaban J connectivity index is 1.55. The Hall–Kier alpha value is -1.88. The second-order valence-electron chi connectivity index (χ2n) is 7.02. The molecule has 1 aromatic carbocycles. The van der Waals surface area contributed by atoms with Crippen molar-refractivity contribution in [3.05, 3.63) is 29.8 Å². The molecule has 0 radical (unpaired) electrons. The lowest BCUT2D eigenvalue weighted by molar-refractivity contribution is -0.130. The molecule has 1 saturated carbocycles. The van der Waals surface area contributed by atoms with Crippen molar-refractivity contribution in [1.82, 2.24) is 4.90 Å². The van der Waals surface area contributed by atoms with Gasteiger partial charge in [0.15, 0.2) is 0 Å². The van der Waals surface area contributed by atoms with Crippen LogP contribution in [0.15, 0.2) is 24.3 Å². The minimum atomic E-state index is -0.266. The zero-order chi connectivity index (χ0) is 17.1. The Kier molecular flexibility index (Phi) is 5.19. The van der Waals surface area contributed by atoms with E-state index in [0.717, 1.165) is 43.5 Å². The van der Waals surface area contributed by atoms with Crippen LogP contribution in [0, 0.1) is 5.92 Å². The Morgan fingerprint density at radius 1 is 1.25 bits per heavy atom. The van der Waals surface area contributed by atoms with E-state index in [0.29, 0.717) is 19.4 Å². The van der Waals surface area contributed by atoms with Crippen LogP contribution in [-0.2, 0) is 16.0 Å². The van der Waals surface area contributed by atoms with Gasteiger partial charge >= 0.3 is 0 Å². The molecule has 2 atom stereocenters. The highest BCUT2D eigenvalue weighted by Gasteiger charge is 2.27. The molecule has 2 fully saturated rings. The highest BCUT2D eigenvalue weighted by atomic mass is 16.3. The molecule has 1 N–H and O–H groups in total. The molecule has 1 aromatic rings. The number of hydrogen-bond acceptors (Lipinski definition) is 3. The fourth-order valence-corrected chi connectivity index (χ4v) is 3.71. The minimum Gasteiger partial charge on any atom is -0.393 e. The molecular weight excluding hydrogens is 304 g/mol.